The molecule has 4 aliphatic rings. The number of fused-ring (bicyclic) bond motifs is 11. The lowest BCUT2D eigenvalue weighted by Gasteiger charge is -2.36. The van der Waals surface area contributed by atoms with Crippen LogP contribution in [0.25, 0.3) is 21.8 Å². The second-order valence-corrected chi connectivity index (χ2v) is 39.2. The molecule has 2 fully saturated rings. The van der Waals surface area contributed by atoms with Crippen LogP contribution in [0.5, 0.6) is 11.5 Å². The number of carbonyl (C=O) groups is 18. The van der Waals surface area contributed by atoms with Crippen molar-refractivity contribution in [3.63, 3.8) is 0 Å². The first-order chi connectivity index (χ1) is 69.0. The average molecular weight is 2030 g/mol. The molecule has 0 unspecified atom stereocenters. The van der Waals surface area contributed by atoms with E-state index in [0.717, 1.165) is 31.4 Å². The maximum absolute atomic E-state index is 16.3. The van der Waals surface area contributed by atoms with Gasteiger partial charge in [0, 0.05) is 124 Å². The highest BCUT2D eigenvalue weighted by Gasteiger charge is 2.47. The summed E-state index contributed by atoms with van der Waals surface area (Å²) in [5, 5.41) is 65.4. The van der Waals surface area contributed by atoms with Crippen LogP contribution in [0.1, 0.15) is 154 Å². The number of aliphatic hydroxyl groups is 1. The fraction of sp³-hybridized carbons (Fsp3) is 0.535. The molecule has 4 bridgehead atoms. The zero-order valence-electron chi connectivity index (χ0n) is 83.7. The molecule has 2 aromatic heterocycles. The fourth-order valence-electron chi connectivity index (χ4n) is 18.5. The molecule has 6 heterocycles. The first-order valence-corrected chi connectivity index (χ1v) is 50.3. The van der Waals surface area contributed by atoms with Gasteiger partial charge in [-0.15, -0.1) is 11.8 Å². The van der Waals surface area contributed by atoms with Crippen molar-refractivity contribution in [2.45, 2.75) is 255 Å². The minimum Gasteiger partial charge on any atom is -0.508 e. The second-order valence-electron chi connectivity index (χ2n) is 38.2. The molecule has 4 aromatic carbocycles. The number of aromatic nitrogens is 2. The largest absolute Gasteiger partial charge is 0.562 e. The Balaban J connectivity index is 1.13. The molecule has 145 heavy (non-hydrogen) atoms. The SMILES string of the molecule is CCCC[C@H]1C(=O)N(C)[C@@H](CCCC)C(=O)N[C@@H](CC(C)C)C(=O)N[C@H](C(=O)NCC(N)=O)CSCC(=O)N[C@@H](Cc2ccc(O)cc2)C(=O)N(C)[C@@H](C)C(=O)N[C@@H](CC(N)=O)C(=O)N2CCC[C@H]2C(=O)N[C@H]2CNCc3c(OC)cccc3B(O)OC(=O)Cn3cc(c4ccccc43)C[C@H](NC(=O)[C@H](CCN)NC(=O)[C@H](Cc3c[nH]c4ccccc34)NC(=O)[C@@H]3C[C@@H](O)CN3C(=O)[C@H](CC(C)C)NC2=O)C(=O)N1C. The number of primary amides is 2. The quantitative estimate of drug-likeness (QED) is 0.0320. The number of H-pyrrole nitrogens is 1. The first kappa shape index (κ1) is 113. The van der Waals surface area contributed by atoms with E-state index in [1.54, 1.807) is 82.4 Å². The van der Waals surface area contributed by atoms with Crippen molar-refractivity contribution < 1.29 is 111 Å². The van der Waals surface area contributed by atoms with E-state index >= 15 is 52.7 Å². The van der Waals surface area contributed by atoms with E-state index in [4.69, 9.17) is 26.6 Å². The lowest BCUT2D eigenvalue weighted by atomic mass is 9.76. The standard InChI is InChI=1S/C99H138BN21O23S/c1-12-14-26-77-92(134)109-68(38-54(3)4)89(131)115-75(87(129)106-48-83(103)125)52-145-53-84(126)107-71(40-57-31-33-60(122)34-32-57)95(137)116(8)56(7)86(128)111-73(44-82(102)124)97(139)120-37-21-29-78(120)93(135)114-74-47-104-46-64-65(24-20-30-81(64)143-11)100(142)144-85(127)51-119-49-59(63-23-17-19-28-76(63)119)42-72(96(138)118(10)79(27-15-13-2)99(141)117(77)9)113-88(130)67(35-36-101)108-90(132)69(41-58-45-105-66-25-18-16-22-62(58)66)110-94(136)80-43-61(123)50-121(80)98(140)70(39-55(5)6)112-91(74)133/h16-20,22-25,28,30-34,45,49,54-56,61,67-75,77-80,104-105,122-123,142H,12-15,21,26-27,29,35-44,46-48,50-53,101H2,1-11H3,(H2,102,124)(H2,103,125)(H,106,129)(H,107,126)(H,108,132)(H,109,134)(H,110,136)(H,111,128)(H,112,133)(H,113,130)(H,114,135)(H,115,131)/t56-,61+,67-,68-,69-,70-,71-,72-,73-,74-,75-,77-,78-,79-,80-/m0/s1. The summed E-state index contributed by atoms with van der Waals surface area (Å²) in [4.78, 5) is 278. The maximum atomic E-state index is 16.3. The molecule has 2 saturated heterocycles. The number of likely N-dealkylation sites (N-methyl/N-ethyl adjacent to an activating group) is 3. The number of carbonyl (C=O) groups excluding carboxylic acids is 18. The number of aromatic hydroxyl groups is 1. The number of ether oxygens (including phenoxy) is 1. The highest BCUT2D eigenvalue weighted by atomic mass is 32.2. The van der Waals surface area contributed by atoms with Crippen LogP contribution in [0, 0.1) is 11.8 Å². The van der Waals surface area contributed by atoms with Crippen molar-refractivity contribution >= 4 is 153 Å². The number of aromatic amines is 1. The normalized spacial score (nSPS) is 24.7. The predicted octanol–water partition coefficient (Wildman–Crippen LogP) is -2.24. The minimum absolute atomic E-state index is 0.0118. The monoisotopic (exact) mass is 2030 g/mol. The van der Waals surface area contributed by atoms with Crippen LogP contribution in [0.3, 0.4) is 0 Å². The van der Waals surface area contributed by atoms with Crippen molar-refractivity contribution in [1.29, 1.82) is 0 Å². The molecule has 21 N–H and O–H groups in total. The van der Waals surface area contributed by atoms with Crippen LogP contribution in [0.15, 0.2) is 103 Å². The summed E-state index contributed by atoms with van der Waals surface area (Å²) >= 11 is 0.786. The second kappa shape index (κ2) is 53.2. The number of benzene rings is 4. The molecular weight excluding hydrogens is 1890 g/mol. The third-order valence-corrected chi connectivity index (χ3v) is 27.4. The van der Waals surface area contributed by atoms with Gasteiger partial charge in [-0.1, -0.05) is 128 Å². The van der Waals surface area contributed by atoms with E-state index in [-0.39, 0.29) is 106 Å². The van der Waals surface area contributed by atoms with Crippen molar-refractivity contribution in [1.82, 2.24) is 92.5 Å². The topological polar surface area (TPSA) is 634 Å². The third kappa shape index (κ3) is 30.5. The van der Waals surface area contributed by atoms with E-state index in [1.807, 2.05) is 13.8 Å². The van der Waals surface area contributed by atoms with Gasteiger partial charge in [-0.3, -0.25) is 86.3 Å². The Bertz CT molecular complexity index is 5670. The van der Waals surface area contributed by atoms with Gasteiger partial charge >= 0.3 is 13.1 Å². The fourth-order valence-corrected chi connectivity index (χ4v) is 19.4. The average Bonchev–Trinajstić information content (AvgIpc) is 1.62. The number of aliphatic hydroxyl groups excluding tert-OH is 1. The number of methoxy groups -OCH3 is 1. The molecule has 786 valence electrons. The Kier molecular flexibility index (Phi) is 41.6. The summed E-state index contributed by atoms with van der Waals surface area (Å²) in [5.41, 5.74) is 19.9. The molecule has 46 heteroatoms. The van der Waals surface area contributed by atoms with E-state index in [0.29, 0.717) is 64.2 Å². The molecule has 15 atom stereocenters. The van der Waals surface area contributed by atoms with Gasteiger partial charge in [-0.2, -0.15) is 0 Å². The number of nitrogens with one attached hydrogen (secondary N) is 12. The van der Waals surface area contributed by atoms with E-state index in [9.17, 15) is 48.8 Å². The number of para-hydroxylation sites is 2. The predicted molar refractivity (Wildman–Crippen MR) is 536 cm³/mol. The van der Waals surface area contributed by atoms with Crippen LogP contribution in [0.4, 0.5) is 0 Å². The van der Waals surface area contributed by atoms with Gasteiger partial charge in [0.05, 0.1) is 31.9 Å². The Morgan fingerprint density at radius 3 is 1.90 bits per heavy atom. The highest BCUT2D eigenvalue weighted by molar-refractivity contribution is 8.00. The summed E-state index contributed by atoms with van der Waals surface area (Å²) in [7, 11) is 3.16. The minimum atomic E-state index is -2.08. The summed E-state index contributed by atoms with van der Waals surface area (Å²) in [6.07, 6.45) is 0.473. The zero-order valence-corrected chi connectivity index (χ0v) is 84.5. The van der Waals surface area contributed by atoms with Crippen molar-refractivity contribution in [3.8, 4) is 11.5 Å². The number of phenols is 1. The summed E-state index contributed by atoms with van der Waals surface area (Å²) in [6, 6.07) is 1.61. The van der Waals surface area contributed by atoms with Gasteiger partial charge in [0.2, 0.25) is 100 Å². The molecule has 0 aliphatic carbocycles. The molecule has 0 saturated carbocycles. The van der Waals surface area contributed by atoms with Gasteiger partial charge < -0.3 is 134 Å². The van der Waals surface area contributed by atoms with Crippen LogP contribution in [-0.2, 0) is 123 Å². The molecule has 6 aromatic rings. The number of phenolic OH excluding ortho intramolecular Hbond substituents is 1. The van der Waals surface area contributed by atoms with Gasteiger partial charge in [-0.05, 0) is 117 Å². The number of rotatable bonds is 22. The number of hydrogen-bond donors (Lipinski definition) is 18. The number of amides is 17. The van der Waals surface area contributed by atoms with Crippen LogP contribution in [0.2, 0.25) is 0 Å². The Morgan fingerprint density at radius 1 is 0.607 bits per heavy atom. The van der Waals surface area contributed by atoms with Crippen molar-refractivity contribution in [2.24, 2.45) is 29.0 Å². The molecular formula is C99H138BN21O23S. The van der Waals surface area contributed by atoms with Crippen LogP contribution < -0.4 is 85.9 Å². The van der Waals surface area contributed by atoms with E-state index in [2.05, 4.69) is 63.5 Å². The lowest BCUT2D eigenvalue weighted by molar-refractivity contribution is -0.149. The highest BCUT2D eigenvalue weighted by Crippen LogP contribution is 2.30. The maximum Gasteiger partial charge on any atom is 0.562 e. The molecule has 4 aliphatic heterocycles. The van der Waals surface area contributed by atoms with E-state index < -0.39 is 267 Å². The van der Waals surface area contributed by atoms with Gasteiger partial charge in [0.1, 0.15) is 103 Å². The Hall–Kier alpha value is -13.7. The third-order valence-electron chi connectivity index (χ3n) is 26.4. The smallest absolute Gasteiger partial charge is 0.508 e. The van der Waals surface area contributed by atoms with Gasteiger partial charge in [-0.25, -0.2) is 0 Å². The van der Waals surface area contributed by atoms with Crippen molar-refractivity contribution in [2.75, 3.05) is 72.5 Å². The van der Waals surface area contributed by atoms with Crippen LogP contribution in [-0.4, -0.2) is 326 Å². The van der Waals surface area contributed by atoms with Crippen molar-refractivity contribution in [3.05, 3.63) is 126 Å². The summed E-state index contributed by atoms with van der Waals surface area (Å²) < 4.78 is 13.2. The van der Waals surface area contributed by atoms with Gasteiger partial charge in [0.25, 0.3) is 0 Å². The van der Waals surface area contributed by atoms with Crippen LogP contribution >= 0.6 is 11.8 Å². The Labute approximate surface area is 845 Å². The zero-order chi connectivity index (χ0) is 106. The number of nitrogens with zero attached hydrogens (tertiary/aromatic N) is 6. The van der Waals surface area contributed by atoms with E-state index in [1.165, 1.54) is 93.3 Å². The number of nitrogens with two attached hydrogens (primary N) is 3. The lowest BCUT2D eigenvalue weighted by Crippen LogP contribution is -2.62. The summed E-state index contributed by atoms with van der Waals surface area (Å²) in [6.45, 7) is 8.72. The molecule has 44 nitrogen and oxygen atoms in total. The molecule has 10 rings (SSSR count). The summed E-state index contributed by atoms with van der Waals surface area (Å²) in [5.74, 6) is -18.9. The first-order valence-electron chi connectivity index (χ1n) is 49.1. The number of unbranched alkanes of at least 4 members (excludes halogenated alkanes) is 2. The number of thioether (sulfide) groups is 1. The molecule has 0 radical (unpaired) electrons. The molecule has 0 spiro atoms. The Morgan fingerprint density at radius 2 is 1.22 bits per heavy atom. The molecule has 17 amide bonds. The number of hydrogen-bond acceptors (Lipinski definition) is 26. The van der Waals surface area contributed by atoms with Gasteiger partial charge in [0.15, 0.2) is 0 Å².